The zero-order valence-corrected chi connectivity index (χ0v) is 20.8. The van der Waals surface area contributed by atoms with Gasteiger partial charge in [-0.25, -0.2) is 24.2 Å². The van der Waals surface area contributed by atoms with E-state index in [4.69, 9.17) is 36.8 Å². The first kappa shape index (κ1) is 32.0. The van der Waals surface area contributed by atoms with Crippen LogP contribution in [0, 0.1) is 6.92 Å². The third-order valence-electron chi connectivity index (χ3n) is 4.08. The molecule has 2 rings (SSSR count). The second kappa shape index (κ2) is 15.8. The molecule has 0 spiro atoms. The molecule has 14 heteroatoms. The number of carbonyl (C=O) groups is 5. The Balaban J connectivity index is 0.000000634. The molecule has 1 atom stereocenters. The summed E-state index contributed by atoms with van der Waals surface area (Å²) >= 11 is 6.06. The molecule has 0 fully saturated rings. The van der Waals surface area contributed by atoms with Gasteiger partial charge in [-0.05, 0) is 33.5 Å². The van der Waals surface area contributed by atoms with Crippen molar-refractivity contribution in [3.8, 4) is 5.88 Å². The van der Waals surface area contributed by atoms with Crippen LogP contribution in [0.4, 0.5) is 0 Å². The van der Waals surface area contributed by atoms with Gasteiger partial charge in [-0.1, -0.05) is 11.6 Å². The highest BCUT2D eigenvalue weighted by Gasteiger charge is 2.28. The lowest BCUT2D eigenvalue weighted by Gasteiger charge is -2.21. The number of nitrogens with zero attached hydrogens (tertiary/aromatic N) is 3. The number of carbonyl (C=O) groups excluding carboxylic acids is 1. The first-order valence-corrected chi connectivity index (χ1v) is 10.5. The number of carboxylic acids is 4. The summed E-state index contributed by atoms with van der Waals surface area (Å²) < 4.78 is 5.93. The number of aromatic nitrogens is 1. The first-order chi connectivity index (χ1) is 16.6. The van der Waals surface area contributed by atoms with Crippen LogP contribution in [0.2, 0.25) is 5.02 Å². The minimum atomic E-state index is -1.26. The number of halogens is 1. The molecular formula is C22H28ClN3O10. The number of ether oxygens (including phenoxy) is 1. The van der Waals surface area contributed by atoms with E-state index in [1.165, 1.54) is 0 Å². The van der Waals surface area contributed by atoms with Gasteiger partial charge < -0.3 is 35.0 Å². The van der Waals surface area contributed by atoms with E-state index >= 15 is 0 Å². The minimum Gasteiger partial charge on any atom is -0.478 e. The Morgan fingerprint density at radius 3 is 1.89 bits per heavy atom. The Kier molecular flexibility index (Phi) is 14.1. The number of aryl methyl sites for hydroxylation is 1. The zero-order chi connectivity index (χ0) is 28.0. The van der Waals surface area contributed by atoms with Crippen molar-refractivity contribution in [2.24, 2.45) is 0 Å². The molecule has 0 aliphatic carbocycles. The standard InChI is InChI=1S/C14H20ClN3O2.2C4H4O4/c1-9-12(15)7-11-13(16-9)20-10(5-6-17(2)3)8-18(4)14(11)19;2*5-3(6)1-2-4(7)8/h7,10H,5-6,8H2,1-4H3;2*1-2H,(H,5,6)(H,7,8)/b;2*2-1+. The van der Waals surface area contributed by atoms with Crippen molar-refractivity contribution >= 4 is 41.4 Å². The van der Waals surface area contributed by atoms with Gasteiger partial charge in [-0.3, -0.25) is 4.79 Å². The molecule has 1 unspecified atom stereocenters. The fourth-order valence-electron chi connectivity index (χ4n) is 2.43. The molecule has 36 heavy (non-hydrogen) atoms. The predicted octanol–water partition coefficient (Wildman–Crippen LogP) is 1.25. The van der Waals surface area contributed by atoms with Gasteiger partial charge in [0.15, 0.2) is 0 Å². The van der Waals surface area contributed by atoms with Gasteiger partial charge in [-0.2, -0.15) is 0 Å². The van der Waals surface area contributed by atoms with Crippen molar-refractivity contribution in [2.75, 3.05) is 34.2 Å². The summed E-state index contributed by atoms with van der Waals surface area (Å²) in [5.74, 6) is -4.73. The van der Waals surface area contributed by atoms with Crippen molar-refractivity contribution < 1.29 is 49.1 Å². The number of pyridine rings is 1. The average molecular weight is 530 g/mol. The molecule has 4 N–H and O–H groups in total. The number of fused-ring (bicyclic) bond motifs is 1. The first-order valence-electron chi connectivity index (χ1n) is 10.2. The van der Waals surface area contributed by atoms with Crippen molar-refractivity contribution in [2.45, 2.75) is 19.4 Å². The summed E-state index contributed by atoms with van der Waals surface area (Å²) in [6.07, 6.45) is 3.02. The van der Waals surface area contributed by atoms with Crippen LogP contribution in [0.1, 0.15) is 22.5 Å². The second-order valence-electron chi connectivity index (χ2n) is 7.45. The van der Waals surface area contributed by atoms with E-state index in [-0.39, 0.29) is 12.0 Å². The van der Waals surface area contributed by atoms with Crippen LogP contribution >= 0.6 is 11.6 Å². The van der Waals surface area contributed by atoms with Crippen LogP contribution in [0.15, 0.2) is 30.4 Å². The van der Waals surface area contributed by atoms with Gasteiger partial charge in [0.25, 0.3) is 5.91 Å². The van der Waals surface area contributed by atoms with Crippen molar-refractivity contribution in [3.63, 3.8) is 0 Å². The third kappa shape index (κ3) is 13.7. The lowest BCUT2D eigenvalue weighted by Crippen LogP contribution is -2.35. The van der Waals surface area contributed by atoms with E-state index in [9.17, 15) is 24.0 Å². The van der Waals surface area contributed by atoms with Crippen LogP contribution in [0.3, 0.4) is 0 Å². The van der Waals surface area contributed by atoms with Gasteiger partial charge >= 0.3 is 23.9 Å². The number of likely N-dealkylation sites (N-methyl/N-ethyl adjacent to an activating group) is 1. The second-order valence-corrected chi connectivity index (χ2v) is 7.85. The molecule has 2 heterocycles. The molecule has 0 saturated carbocycles. The molecule has 1 aromatic heterocycles. The fraction of sp³-hybridized carbons (Fsp3) is 0.364. The number of aliphatic carboxylic acids is 4. The number of rotatable bonds is 7. The quantitative estimate of drug-likeness (QED) is 0.369. The van der Waals surface area contributed by atoms with Crippen LogP contribution in [-0.4, -0.2) is 105 Å². The van der Waals surface area contributed by atoms with E-state index < -0.39 is 23.9 Å². The summed E-state index contributed by atoms with van der Waals surface area (Å²) in [5, 5.41) is 31.7. The van der Waals surface area contributed by atoms with E-state index in [2.05, 4.69) is 9.88 Å². The molecule has 0 bridgehead atoms. The van der Waals surface area contributed by atoms with Gasteiger partial charge in [-0.15, -0.1) is 0 Å². The van der Waals surface area contributed by atoms with E-state index in [0.29, 0.717) is 53.0 Å². The monoisotopic (exact) mass is 529 g/mol. The summed E-state index contributed by atoms with van der Waals surface area (Å²) in [6, 6.07) is 1.65. The lowest BCUT2D eigenvalue weighted by atomic mass is 10.2. The highest BCUT2D eigenvalue weighted by molar-refractivity contribution is 6.31. The molecule has 0 aromatic carbocycles. The number of hydrogen-bond acceptors (Lipinski definition) is 8. The Morgan fingerprint density at radius 1 is 1.06 bits per heavy atom. The Bertz CT molecular complexity index is 958. The Hall–Kier alpha value is -3.97. The van der Waals surface area contributed by atoms with Gasteiger partial charge in [0.1, 0.15) is 11.7 Å². The van der Waals surface area contributed by atoms with Crippen LogP contribution in [0.25, 0.3) is 0 Å². The SMILES string of the molecule is Cc1nc2c(cc1Cl)C(=O)N(C)CC(CCN(C)C)O2.O=C(O)/C=C/C(=O)O.O=C(O)/C=C/C(=O)O. The molecule has 1 aliphatic rings. The predicted molar refractivity (Wildman–Crippen MR) is 127 cm³/mol. The van der Waals surface area contributed by atoms with Crippen LogP contribution in [0.5, 0.6) is 5.88 Å². The largest absolute Gasteiger partial charge is 0.478 e. The molecule has 0 radical (unpaired) electrons. The van der Waals surface area contributed by atoms with E-state index in [0.717, 1.165) is 13.0 Å². The number of amides is 1. The molecule has 13 nitrogen and oxygen atoms in total. The maximum absolute atomic E-state index is 12.3. The average Bonchev–Trinajstić information content (AvgIpc) is 2.87. The lowest BCUT2D eigenvalue weighted by molar-refractivity contribution is -0.134. The Morgan fingerprint density at radius 2 is 1.50 bits per heavy atom. The topological polar surface area (TPSA) is 195 Å². The van der Waals surface area contributed by atoms with E-state index in [1.54, 1.807) is 24.9 Å². The summed E-state index contributed by atoms with van der Waals surface area (Å²) in [5.41, 5.74) is 1.12. The van der Waals surface area contributed by atoms with Crippen LogP contribution in [-0.2, 0) is 19.2 Å². The van der Waals surface area contributed by atoms with E-state index in [1.807, 2.05) is 14.1 Å². The van der Waals surface area contributed by atoms with Crippen molar-refractivity contribution in [3.05, 3.63) is 46.7 Å². The molecule has 1 amide bonds. The van der Waals surface area contributed by atoms with Gasteiger partial charge in [0.05, 0.1) is 17.3 Å². The molecule has 1 aliphatic heterocycles. The summed E-state index contributed by atoms with van der Waals surface area (Å²) in [7, 11) is 5.81. The highest BCUT2D eigenvalue weighted by Crippen LogP contribution is 2.27. The third-order valence-corrected chi connectivity index (χ3v) is 4.47. The maximum Gasteiger partial charge on any atom is 0.328 e. The van der Waals surface area contributed by atoms with Gasteiger partial charge in [0.2, 0.25) is 5.88 Å². The summed E-state index contributed by atoms with van der Waals surface area (Å²) in [6.45, 7) is 3.26. The van der Waals surface area contributed by atoms with Gasteiger partial charge in [0, 0.05) is 37.9 Å². The summed E-state index contributed by atoms with van der Waals surface area (Å²) in [4.78, 5) is 58.6. The Labute approximate surface area is 211 Å². The zero-order valence-electron chi connectivity index (χ0n) is 20.0. The van der Waals surface area contributed by atoms with Crippen molar-refractivity contribution in [1.29, 1.82) is 0 Å². The fourth-order valence-corrected chi connectivity index (χ4v) is 2.58. The number of hydrogen-bond donors (Lipinski definition) is 4. The van der Waals surface area contributed by atoms with Crippen molar-refractivity contribution in [1.82, 2.24) is 14.8 Å². The number of carboxylic acid groups (broad SMARTS) is 4. The molecule has 0 saturated heterocycles. The normalized spacial score (nSPS) is 14.7. The van der Waals surface area contributed by atoms with Crippen LogP contribution < -0.4 is 4.74 Å². The molecular weight excluding hydrogens is 502 g/mol. The highest BCUT2D eigenvalue weighted by atomic mass is 35.5. The maximum atomic E-state index is 12.3. The minimum absolute atomic E-state index is 0.0549. The molecule has 198 valence electrons. The molecule has 1 aromatic rings. The smallest absolute Gasteiger partial charge is 0.328 e.